The van der Waals surface area contributed by atoms with E-state index in [2.05, 4.69) is 54.6 Å². The van der Waals surface area contributed by atoms with Crippen molar-refractivity contribution >= 4 is 0 Å². The third kappa shape index (κ3) is 2.87. The standard InChI is InChI=1S/C16H23N3/c1-11(2)9-13-5-7-14(8-6-13)16-12(3)19(4)15(10-17)18-16/h5-8,11H,9-10,17H2,1-4H3. The Hall–Kier alpha value is -1.61. The molecule has 1 heterocycles. The summed E-state index contributed by atoms with van der Waals surface area (Å²) in [6.45, 7) is 7.04. The van der Waals surface area contributed by atoms with Gasteiger partial charge in [-0.3, -0.25) is 0 Å². The van der Waals surface area contributed by atoms with Gasteiger partial charge in [-0.25, -0.2) is 4.98 Å². The van der Waals surface area contributed by atoms with Gasteiger partial charge in [-0.2, -0.15) is 0 Å². The van der Waals surface area contributed by atoms with Gasteiger partial charge in [0.2, 0.25) is 0 Å². The summed E-state index contributed by atoms with van der Waals surface area (Å²) in [4.78, 5) is 4.63. The van der Waals surface area contributed by atoms with Gasteiger partial charge in [-0.05, 0) is 24.8 Å². The van der Waals surface area contributed by atoms with Gasteiger partial charge >= 0.3 is 0 Å². The second kappa shape index (κ2) is 5.57. The first-order chi connectivity index (χ1) is 9.02. The van der Waals surface area contributed by atoms with Gasteiger partial charge in [-0.15, -0.1) is 0 Å². The van der Waals surface area contributed by atoms with E-state index in [0.29, 0.717) is 12.5 Å². The number of rotatable bonds is 4. The van der Waals surface area contributed by atoms with Crippen LogP contribution in [0.3, 0.4) is 0 Å². The zero-order chi connectivity index (χ0) is 14.0. The molecule has 0 spiro atoms. The first-order valence-corrected chi connectivity index (χ1v) is 6.84. The Kier molecular flexibility index (Phi) is 4.05. The highest BCUT2D eigenvalue weighted by Crippen LogP contribution is 2.23. The molecule has 2 rings (SSSR count). The monoisotopic (exact) mass is 257 g/mol. The molecule has 0 bridgehead atoms. The number of hydrogen-bond acceptors (Lipinski definition) is 2. The number of nitrogens with zero attached hydrogens (tertiary/aromatic N) is 2. The molecular formula is C16H23N3. The molecule has 3 heteroatoms. The Morgan fingerprint density at radius 3 is 2.32 bits per heavy atom. The number of benzene rings is 1. The molecule has 0 aliphatic heterocycles. The van der Waals surface area contributed by atoms with Crippen molar-refractivity contribution in [1.82, 2.24) is 9.55 Å². The van der Waals surface area contributed by atoms with Crippen LogP contribution >= 0.6 is 0 Å². The molecule has 0 aliphatic carbocycles. The zero-order valence-corrected chi connectivity index (χ0v) is 12.3. The van der Waals surface area contributed by atoms with Crippen LogP contribution in [0.4, 0.5) is 0 Å². The van der Waals surface area contributed by atoms with E-state index < -0.39 is 0 Å². The van der Waals surface area contributed by atoms with Crippen molar-refractivity contribution in [2.24, 2.45) is 18.7 Å². The average Bonchev–Trinajstić information content (AvgIpc) is 2.66. The van der Waals surface area contributed by atoms with E-state index in [0.717, 1.165) is 23.6 Å². The van der Waals surface area contributed by atoms with E-state index in [-0.39, 0.29) is 0 Å². The highest BCUT2D eigenvalue weighted by Gasteiger charge is 2.11. The van der Waals surface area contributed by atoms with Crippen molar-refractivity contribution in [2.45, 2.75) is 33.7 Å². The van der Waals surface area contributed by atoms with Crippen LogP contribution in [-0.2, 0) is 20.0 Å². The molecule has 0 saturated heterocycles. The van der Waals surface area contributed by atoms with Crippen LogP contribution in [0.15, 0.2) is 24.3 Å². The van der Waals surface area contributed by atoms with E-state index in [1.165, 1.54) is 11.1 Å². The van der Waals surface area contributed by atoms with Gasteiger partial charge in [0, 0.05) is 18.3 Å². The smallest absolute Gasteiger partial charge is 0.123 e. The summed E-state index contributed by atoms with van der Waals surface area (Å²) in [6, 6.07) is 8.72. The van der Waals surface area contributed by atoms with Crippen LogP contribution in [0.5, 0.6) is 0 Å². The van der Waals surface area contributed by atoms with Crippen LogP contribution in [0.2, 0.25) is 0 Å². The Bertz CT molecular complexity index is 550. The van der Waals surface area contributed by atoms with E-state index in [1.54, 1.807) is 0 Å². The SMILES string of the molecule is Cc1c(-c2ccc(CC(C)C)cc2)nc(CN)n1C. The van der Waals surface area contributed by atoms with Crippen molar-refractivity contribution in [3.05, 3.63) is 41.3 Å². The molecule has 0 aliphatic rings. The van der Waals surface area contributed by atoms with Gasteiger partial charge in [0.15, 0.2) is 0 Å². The lowest BCUT2D eigenvalue weighted by atomic mass is 10.0. The first-order valence-electron chi connectivity index (χ1n) is 6.84. The van der Waals surface area contributed by atoms with Crippen LogP contribution in [-0.4, -0.2) is 9.55 Å². The lowest BCUT2D eigenvalue weighted by molar-refractivity contribution is 0.647. The largest absolute Gasteiger partial charge is 0.334 e. The van der Waals surface area contributed by atoms with Crippen molar-refractivity contribution in [3.63, 3.8) is 0 Å². The molecule has 1 aromatic carbocycles. The molecule has 2 N–H and O–H groups in total. The first kappa shape index (κ1) is 13.8. The number of hydrogen-bond donors (Lipinski definition) is 1. The normalized spacial score (nSPS) is 11.3. The summed E-state index contributed by atoms with van der Waals surface area (Å²) in [5, 5.41) is 0. The topological polar surface area (TPSA) is 43.8 Å². The molecule has 19 heavy (non-hydrogen) atoms. The molecule has 1 aromatic heterocycles. The second-order valence-corrected chi connectivity index (χ2v) is 5.52. The molecule has 102 valence electrons. The summed E-state index contributed by atoms with van der Waals surface area (Å²) in [6.07, 6.45) is 1.12. The van der Waals surface area contributed by atoms with Crippen molar-refractivity contribution < 1.29 is 0 Å². The molecule has 0 fully saturated rings. The van der Waals surface area contributed by atoms with Gasteiger partial charge < -0.3 is 10.3 Å². The van der Waals surface area contributed by atoms with Crippen LogP contribution in [0, 0.1) is 12.8 Å². The highest BCUT2D eigenvalue weighted by molar-refractivity contribution is 5.62. The van der Waals surface area contributed by atoms with Gasteiger partial charge in [0.1, 0.15) is 5.82 Å². The van der Waals surface area contributed by atoms with Crippen LogP contribution in [0.1, 0.15) is 30.9 Å². The number of imidazole rings is 1. The Morgan fingerprint density at radius 1 is 1.21 bits per heavy atom. The minimum atomic E-state index is 0.475. The fraction of sp³-hybridized carbons (Fsp3) is 0.438. The highest BCUT2D eigenvalue weighted by atomic mass is 15.1. The minimum Gasteiger partial charge on any atom is -0.334 e. The van der Waals surface area contributed by atoms with Crippen LogP contribution < -0.4 is 5.73 Å². The van der Waals surface area contributed by atoms with E-state index in [1.807, 2.05) is 7.05 Å². The molecule has 0 radical (unpaired) electrons. The Balaban J connectivity index is 2.32. The number of nitrogens with two attached hydrogens (primary N) is 1. The fourth-order valence-electron chi connectivity index (χ4n) is 2.36. The second-order valence-electron chi connectivity index (χ2n) is 5.52. The average molecular weight is 257 g/mol. The summed E-state index contributed by atoms with van der Waals surface area (Å²) in [5.74, 6) is 1.62. The summed E-state index contributed by atoms with van der Waals surface area (Å²) >= 11 is 0. The summed E-state index contributed by atoms with van der Waals surface area (Å²) < 4.78 is 2.07. The van der Waals surface area contributed by atoms with Gasteiger partial charge in [-0.1, -0.05) is 38.1 Å². The fourth-order valence-corrected chi connectivity index (χ4v) is 2.36. The molecule has 0 unspecified atom stereocenters. The lowest BCUT2D eigenvalue weighted by Gasteiger charge is -2.06. The van der Waals surface area contributed by atoms with E-state index >= 15 is 0 Å². The molecular weight excluding hydrogens is 234 g/mol. The van der Waals surface area contributed by atoms with Crippen molar-refractivity contribution in [3.8, 4) is 11.3 Å². The Morgan fingerprint density at radius 2 is 1.84 bits per heavy atom. The Labute approximate surface area is 115 Å². The summed E-state index contributed by atoms with van der Waals surface area (Å²) in [7, 11) is 2.02. The third-order valence-corrected chi connectivity index (χ3v) is 3.53. The van der Waals surface area contributed by atoms with Crippen LogP contribution in [0.25, 0.3) is 11.3 Å². The lowest BCUT2D eigenvalue weighted by Crippen LogP contribution is -2.05. The van der Waals surface area contributed by atoms with Crippen molar-refractivity contribution in [2.75, 3.05) is 0 Å². The molecule has 0 amide bonds. The quantitative estimate of drug-likeness (QED) is 0.915. The predicted octanol–water partition coefficient (Wildman–Crippen LogP) is 3.05. The van der Waals surface area contributed by atoms with Gasteiger partial charge in [0.05, 0.1) is 12.2 Å². The maximum atomic E-state index is 5.71. The molecule has 2 aromatic rings. The molecule has 0 saturated carbocycles. The molecule has 0 atom stereocenters. The maximum absolute atomic E-state index is 5.71. The minimum absolute atomic E-state index is 0.475. The van der Waals surface area contributed by atoms with E-state index in [4.69, 9.17) is 5.73 Å². The third-order valence-electron chi connectivity index (χ3n) is 3.53. The predicted molar refractivity (Wildman–Crippen MR) is 79.8 cm³/mol. The zero-order valence-electron chi connectivity index (χ0n) is 12.3. The van der Waals surface area contributed by atoms with E-state index in [9.17, 15) is 0 Å². The number of aromatic nitrogens is 2. The maximum Gasteiger partial charge on any atom is 0.123 e. The van der Waals surface area contributed by atoms with Crippen molar-refractivity contribution in [1.29, 1.82) is 0 Å². The molecule has 3 nitrogen and oxygen atoms in total. The summed E-state index contributed by atoms with van der Waals surface area (Å²) in [5.41, 5.74) is 10.5. The van der Waals surface area contributed by atoms with Gasteiger partial charge in [0.25, 0.3) is 0 Å².